The number of nitrogens with zero attached hydrogens (tertiary/aromatic N) is 5. The summed E-state index contributed by atoms with van der Waals surface area (Å²) in [6.45, 7) is 3.12. The molecule has 52 heavy (non-hydrogen) atoms. The van der Waals surface area contributed by atoms with Crippen molar-refractivity contribution in [1.29, 1.82) is 0 Å². The number of rotatable bonds is 11. The molecule has 0 radical (unpaired) electrons. The molecule has 2 atom stereocenters. The second-order valence-corrected chi connectivity index (χ2v) is 16.4. The molecule has 4 aliphatic carbocycles. The first-order valence-corrected chi connectivity index (χ1v) is 19.0. The van der Waals surface area contributed by atoms with E-state index in [1.807, 2.05) is 64.3 Å². The molecule has 268 valence electrons. The van der Waals surface area contributed by atoms with Gasteiger partial charge in [-0.05, 0) is 104 Å². The lowest BCUT2D eigenvalue weighted by molar-refractivity contribution is -0.200. The second-order valence-electron chi connectivity index (χ2n) is 15.3. The van der Waals surface area contributed by atoms with Crippen LogP contribution in [0.5, 0.6) is 0 Å². The monoisotopic (exact) mass is 718 g/mol. The minimum absolute atomic E-state index is 0.00925. The quantitative estimate of drug-likeness (QED) is 0.138. The number of ether oxygens (including phenoxy) is 2. The van der Waals surface area contributed by atoms with E-state index in [9.17, 15) is 14.7 Å². The van der Waals surface area contributed by atoms with E-state index < -0.39 is 5.97 Å². The lowest BCUT2D eigenvalue weighted by atomic mass is 9.48. The average molecular weight is 719 g/mol. The van der Waals surface area contributed by atoms with E-state index in [1.54, 1.807) is 13.3 Å². The molecule has 4 bridgehead atoms. The Kier molecular flexibility index (Phi) is 8.36. The smallest absolute Gasteiger partial charge is 0.355 e. The number of anilines is 2. The van der Waals surface area contributed by atoms with Crippen molar-refractivity contribution in [2.75, 3.05) is 37.1 Å². The van der Waals surface area contributed by atoms with Gasteiger partial charge >= 0.3 is 5.97 Å². The summed E-state index contributed by atoms with van der Waals surface area (Å²) >= 11 is 1.44. The number of methoxy groups -OCH3 is 1. The third-order valence-corrected chi connectivity index (χ3v) is 12.7. The molecule has 0 spiro atoms. The van der Waals surface area contributed by atoms with Gasteiger partial charge in [-0.1, -0.05) is 35.6 Å². The van der Waals surface area contributed by atoms with Crippen LogP contribution in [0.1, 0.15) is 70.5 Å². The SMILES string of the molecule is COCCOC12CC3CC(CC(Cn4cc(-c5ccc(N6CCc7cccc(C(=O)Nc8nc9ccccc9s8)c7C6)nc5C(=O)O)cn4)(C3)C1)C2. The third kappa shape index (κ3) is 6.16. The number of carbonyl (C=O) groups is 2. The van der Waals surface area contributed by atoms with Crippen molar-refractivity contribution in [3.05, 3.63) is 89.4 Å². The fraction of sp³-hybridized carbons (Fsp3) is 0.425. The predicted molar refractivity (Wildman–Crippen MR) is 199 cm³/mol. The molecule has 0 saturated heterocycles. The summed E-state index contributed by atoms with van der Waals surface area (Å²) in [6, 6.07) is 17.3. The number of hydrogen-bond donors (Lipinski definition) is 2. The Labute approximate surface area is 306 Å². The zero-order valence-electron chi connectivity index (χ0n) is 29.2. The van der Waals surface area contributed by atoms with E-state index in [-0.39, 0.29) is 22.6 Å². The molecule has 2 unspecified atom stereocenters. The molecular formula is C40H42N6O5S. The summed E-state index contributed by atoms with van der Waals surface area (Å²) < 4.78 is 14.8. The van der Waals surface area contributed by atoms with E-state index in [2.05, 4.69) is 16.4 Å². The van der Waals surface area contributed by atoms with Crippen LogP contribution in [0.15, 0.2) is 67.0 Å². The number of pyridine rings is 1. The topological polar surface area (TPSA) is 132 Å². The predicted octanol–water partition coefficient (Wildman–Crippen LogP) is 7.07. The minimum Gasteiger partial charge on any atom is -0.476 e. The largest absolute Gasteiger partial charge is 0.476 e. The van der Waals surface area contributed by atoms with Crippen LogP contribution in [-0.2, 0) is 29.0 Å². The van der Waals surface area contributed by atoms with Crippen molar-refractivity contribution in [3.63, 3.8) is 0 Å². The van der Waals surface area contributed by atoms with Gasteiger partial charge in [0.25, 0.3) is 5.91 Å². The zero-order chi connectivity index (χ0) is 35.5. The summed E-state index contributed by atoms with van der Waals surface area (Å²) in [6.07, 6.45) is 11.4. The minimum atomic E-state index is -1.09. The lowest BCUT2D eigenvalue weighted by Crippen LogP contribution is -2.58. The Bertz CT molecular complexity index is 2130. The van der Waals surface area contributed by atoms with Gasteiger partial charge in [-0.15, -0.1) is 0 Å². The molecule has 10 rings (SSSR count). The summed E-state index contributed by atoms with van der Waals surface area (Å²) in [7, 11) is 1.72. The third-order valence-electron chi connectivity index (χ3n) is 11.7. The van der Waals surface area contributed by atoms with Crippen molar-refractivity contribution in [3.8, 4) is 11.1 Å². The summed E-state index contributed by atoms with van der Waals surface area (Å²) in [5.41, 5.74) is 4.78. The Balaban J connectivity index is 0.932. The van der Waals surface area contributed by atoms with E-state index >= 15 is 0 Å². The van der Waals surface area contributed by atoms with Gasteiger partial charge in [-0.25, -0.2) is 14.8 Å². The van der Waals surface area contributed by atoms with Gasteiger partial charge in [0.05, 0.1) is 35.2 Å². The Morgan fingerprint density at radius 3 is 2.67 bits per heavy atom. The maximum atomic E-state index is 13.5. The average Bonchev–Trinajstić information content (AvgIpc) is 3.76. The number of benzene rings is 2. The van der Waals surface area contributed by atoms with Crippen molar-refractivity contribution in [2.24, 2.45) is 17.3 Å². The molecule has 5 aliphatic rings. The Morgan fingerprint density at radius 2 is 1.87 bits per heavy atom. The molecule has 4 fully saturated rings. The summed E-state index contributed by atoms with van der Waals surface area (Å²) in [4.78, 5) is 37.5. The number of aromatic nitrogens is 4. The molecule has 1 aliphatic heterocycles. The van der Waals surface area contributed by atoms with Gasteiger partial charge in [0.2, 0.25) is 0 Å². The van der Waals surface area contributed by atoms with Crippen LogP contribution in [0.4, 0.5) is 10.9 Å². The number of carboxylic acid groups (broad SMARTS) is 1. The molecule has 1 amide bonds. The van der Waals surface area contributed by atoms with E-state index in [0.29, 0.717) is 66.6 Å². The van der Waals surface area contributed by atoms with Crippen LogP contribution in [0, 0.1) is 17.3 Å². The highest BCUT2D eigenvalue weighted by Gasteiger charge is 2.58. The van der Waals surface area contributed by atoms with Crippen molar-refractivity contribution in [2.45, 2.75) is 63.6 Å². The zero-order valence-corrected chi connectivity index (χ0v) is 30.0. The van der Waals surface area contributed by atoms with Crippen LogP contribution in [-0.4, -0.2) is 69.2 Å². The number of carboxylic acids is 1. The lowest BCUT2D eigenvalue weighted by Gasteiger charge is -2.61. The molecule has 4 heterocycles. The number of hydrogen-bond acceptors (Lipinski definition) is 9. The first-order valence-electron chi connectivity index (χ1n) is 18.2. The number of aromatic carboxylic acids is 1. The van der Waals surface area contributed by atoms with Gasteiger partial charge in [0.1, 0.15) is 5.82 Å². The van der Waals surface area contributed by atoms with Crippen molar-refractivity contribution < 1.29 is 24.2 Å². The molecule has 2 N–H and O–H groups in total. The fourth-order valence-electron chi connectivity index (χ4n) is 10.1. The standard InChI is InChI=1S/C40H42N6O5S/c1-50-13-14-51-40-18-25-15-26(19-40)17-39(16-25,23-40)24-46-21-28(20-41-46)29-9-10-34(43-35(29)37(48)49)45-12-11-27-5-4-6-30(31(27)22-45)36(47)44-38-42-32-7-2-3-8-33(32)52-38/h2-10,20-21,25-26H,11-19,22-24H2,1H3,(H,48,49)(H,42,44,47). The van der Waals surface area contributed by atoms with Gasteiger partial charge < -0.3 is 19.5 Å². The van der Waals surface area contributed by atoms with E-state index in [1.165, 1.54) is 30.6 Å². The van der Waals surface area contributed by atoms with Gasteiger partial charge in [0, 0.05) is 49.6 Å². The number of amides is 1. The van der Waals surface area contributed by atoms with Gasteiger partial charge in [0.15, 0.2) is 10.8 Å². The molecule has 3 aromatic heterocycles. The molecule has 4 saturated carbocycles. The van der Waals surface area contributed by atoms with E-state index in [4.69, 9.17) is 19.6 Å². The molecule has 11 nitrogen and oxygen atoms in total. The van der Waals surface area contributed by atoms with Crippen LogP contribution in [0.2, 0.25) is 0 Å². The Hall–Kier alpha value is -4.65. The van der Waals surface area contributed by atoms with E-state index in [0.717, 1.165) is 52.7 Å². The number of fused-ring (bicyclic) bond motifs is 2. The number of para-hydroxylation sites is 1. The highest BCUT2D eigenvalue weighted by molar-refractivity contribution is 7.22. The van der Waals surface area contributed by atoms with Gasteiger partial charge in [-0.3, -0.25) is 14.8 Å². The number of thiazole rings is 1. The number of carbonyl (C=O) groups excluding carboxylic acids is 1. The van der Waals surface area contributed by atoms with Crippen LogP contribution < -0.4 is 10.2 Å². The second kappa shape index (κ2) is 13.1. The van der Waals surface area contributed by atoms with Gasteiger partial charge in [-0.2, -0.15) is 5.10 Å². The molecular weight excluding hydrogens is 677 g/mol. The Morgan fingerprint density at radius 1 is 1.02 bits per heavy atom. The number of nitrogens with one attached hydrogen (secondary N) is 1. The normalized spacial score (nSPS) is 24.7. The maximum absolute atomic E-state index is 13.5. The molecule has 2 aromatic carbocycles. The van der Waals surface area contributed by atoms with Crippen LogP contribution >= 0.6 is 11.3 Å². The first kappa shape index (κ1) is 33.2. The highest BCUT2D eigenvalue weighted by Crippen LogP contribution is 2.63. The summed E-state index contributed by atoms with van der Waals surface area (Å²) in [5.74, 6) is 0.619. The molecule has 12 heteroatoms. The van der Waals surface area contributed by atoms with Crippen molar-refractivity contribution >= 4 is 44.4 Å². The maximum Gasteiger partial charge on any atom is 0.355 e. The van der Waals surface area contributed by atoms with Crippen LogP contribution in [0.25, 0.3) is 21.3 Å². The molecule has 5 aromatic rings. The van der Waals surface area contributed by atoms with Crippen molar-refractivity contribution in [1.82, 2.24) is 19.7 Å². The first-order chi connectivity index (χ1) is 25.3. The highest BCUT2D eigenvalue weighted by atomic mass is 32.1. The summed E-state index contributed by atoms with van der Waals surface area (Å²) in [5, 5.41) is 18.7. The van der Waals surface area contributed by atoms with Crippen LogP contribution in [0.3, 0.4) is 0 Å². The fourth-order valence-corrected chi connectivity index (χ4v) is 11.0.